The Kier molecular flexibility index (Phi) is 4.36. The van der Waals surface area contributed by atoms with Crippen LogP contribution in [-0.4, -0.2) is 36.5 Å². The van der Waals surface area contributed by atoms with Crippen molar-refractivity contribution in [2.45, 2.75) is 6.42 Å². The van der Waals surface area contributed by atoms with E-state index in [0.29, 0.717) is 0 Å². The highest BCUT2D eigenvalue weighted by atomic mass is 35.5. The molecule has 0 amide bonds. The van der Waals surface area contributed by atoms with Crippen LogP contribution in [0.25, 0.3) is 33.3 Å². The third kappa shape index (κ3) is 3.18. The molecule has 0 spiro atoms. The summed E-state index contributed by atoms with van der Waals surface area (Å²) in [7, 11) is 1.85. The highest BCUT2D eigenvalue weighted by molar-refractivity contribution is 6.31. The Balaban J connectivity index is 1.46. The van der Waals surface area contributed by atoms with E-state index in [4.69, 9.17) is 11.6 Å². The van der Waals surface area contributed by atoms with Crippen molar-refractivity contribution in [1.29, 1.82) is 0 Å². The zero-order valence-electron chi connectivity index (χ0n) is 17.3. The van der Waals surface area contributed by atoms with Crippen LogP contribution in [0, 0.1) is 0 Å². The van der Waals surface area contributed by atoms with Crippen molar-refractivity contribution in [3.8, 4) is 22.4 Å². The van der Waals surface area contributed by atoms with E-state index in [1.807, 2.05) is 37.6 Å². The van der Waals surface area contributed by atoms with Gasteiger partial charge in [0.1, 0.15) is 17.8 Å². The van der Waals surface area contributed by atoms with Gasteiger partial charge < -0.3 is 4.90 Å². The summed E-state index contributed by atoms with van der Waals surface area (Å²) in [6, 6.07) is 14.3. The van der Waals surface area contributed by atoms with E-state index in [9.17, 15) is 0 Å². The second-order valence-corrected chi connectivity index (χ2v) is 8.28. The molecule has 0 unspecified atom stereocenters. The topological polar surface area (TPSA) is 72.6 Å². The second-order valence-electron chi connectivity index (χ2n) is 7.84. The Bertz CT molecular complexity index is 1480. The van der Waals surface area contributed by atoms with Gasteiger partial charge in [-0.25, -0.2) is 9.97 Å². The van der Waals surface area contributed by atoms with Crippen molar-refractivity contribution in [3.63, 3.8) is 0 Å². The minimum Gasteiger partial charge on any atom is -0.325 e. The molecule has 5 aromatic rings. The molecular formula is C24H18ClN7. The van der Waals surface area contributed by atoms with Crippen molar-refractivity contribution < 1.29 is 0 Å². The lowest BCUT2D eigenvalue weighted by atomic mass is 10.0. The molecule has 1 aliphatic heterocycles. The molecule has 8 heteroatoms. The molecule has 32 heavy (non-hydrogen) atoms. The van der Waals surface area contributed by atoms with Crippen molar-refractivity contribution in [2.24, 2.45) is 7.05 Å². The van der Waals surface area contributed by atoms with Crippen molar-refractivity contribution in [3.05, 3.63) is 78.0 Å². The van der Waals surface area contributed by atoms with E-state index < -0.39 is 0 Å². The summed E-state index contributed by atoms with van der Waals surface area (Å²) >= 11 is 6.29. The van der Waals surface area contributed by atoms with Crippen LogP contribution >= 0.6 is 11.6 Å². The van der Waals surface area contributed by atoms with Crippen LogP contribution in [0.2, 0.25) is 5.02 Å². The molecule has 156 valence electrons. The summed E-state index contributed by atoms with van der Waals surface area (Å²) < 4.78 is 1.68. The first kappa shape index (κ1) is 18.9. The maximum Gasteiger partial charge on any atom is 0.144 e. The maximum absolute atomic E-state index is 6.29. The van der Waals surface area contributed by atoms with Gasteiger partial charge >= 0.3 is 0 Å². The van der Waals surface area contributed by atoms with E-state index in [0.717, 1.165) is 62.8 Å². The SMILES string of the molecule is Cn1cc(-c2cncc(-c3ccc4ncnc(N5CCc6ccc(Cl)cc65)c4c3)c2)nn1. The number of aromatic nitrogens is 6. The molecule has 0 atom stereocenters. The minimum atomic E-state index is 0.724. The number of rotatable bonds is 3. The molecule has 0 aliphatic carbocycles. The summed E-state index contributed by atoms with van der Waals surface area (Å²) in [5.41, 5.74) is 7.02. The van der Waals surface area contributed by atoms with E-state index in [1.54, 1.807) is 17.2 Å². The summed E-state index contributed by atoms with van der Waals surface area (Å²) in [5.74, 6) is 0.885. The van der Waals surface area contributed by atoms with Crippen LogP contribution in [-0.2, 0) is 13.5 Å². The number of pyridine rings is 1. The number of aryl methyl sites for hydroxylation is 1. The number of fused-ring (bicyclic) bond motifs is 2. The van der Waals surface area contributed by atoms with Gasteiger partial charge in [-0.15, -0.1) is 5.10 Å². The molecule has 2 aromatic carbocycles. The molecular weight excluding hydrogens is 422 g/mol. The van der Waals surface area contributed by atoms with Crippen LogP contribution in [0.4, 0.5) is 11.5 Å². The van der Waals surface area contributed by atoms with E-state index in [1.165, 1.54) is 5.56 Å². The molecule has 0 fully saturated rings. The van der Waals surface area contributed by atoms with Crippen molar-refractivity contribution in [2.75, 3.05) is 11.4 Å². The van der Waals surface area contributed by atoms with Crippen LogP contribution in [0.15, 0.2) is 67.4 Å². The molecule has 4 heterocycles. The van der Waals surface area contributed by atoms with Crippen molar-refractivity contribution in [1.82, 2.24) is 29.9 Å². The fraction of sp³-hybridized carbons (Fsp3) is 0.125. The van der Waals surface area contributed by atoms with Gasteiger partial charge in [0.2, 0.25) is 0 Å². The van der Waals surface area contributed by atoms with E-state index in [-0.39, 0.29) is 0 Å². The average Bonchev–Trinajstić information content (AvgIpc) is 3.44. The fourth-order valence-electron chi connectivity index (χ4n) is 4.23. The first-order valence-corrected chi connectivity index (χ1v) is 10.7. The lowest BCUT2D eigenvalue weighted by Gasteiger charge is -2.20. The van der Waals surface area contributed by atoms with Gasteiger partial charge in [-0.3, -0.25) is 9.67 Å². The third-order valence-electron chi connectivity index (χ3n) is 5.78. The zero-order valence-corrected chi connectivity index (χ0v) is 18.0. The first-order chi connectivity index (χ1) is 15.7. The van der Waals surface area contributed by atoms with Gasteiger partial charge in [0.25, 0.3) is 0 Å². The fourth-order valence-corrected chi connectivity index (χ4v) is 4.39. The lowest BCUT2D eigenvalue weighted by molar-refractivity contribution is 0.715. The molecule has 1 aliphatic rings. The number of halogens is 1. The zero-order chi connectivity index (χ0) is 21.7. The Hall–Kier alpha value is -3.84. The molecule has 0 saturated heterocycles. The highest BCUT2D eigenvalue weighted by Crippen LogP contribution is 2.39. The molecule has 0 N–H and O–H groups in total. The standard InChI is InChI=1S/C24H18ClN7/c1-31-13-22(29-30-31)18-8-17(11-26-12-18)16-3-5-21-20(9-16)24(28-14-27-21)32-7-6-15-2-4-19(25)10-23(15)32/h2-5,8-14H,6-7H2,1H3. The van der Waals surface area contributed by atoms with Gasteiger partial charge in [-0.05, 0) is 47.9 Å². The molecule has 3 aromatic heterocycles. The number of hydrogen-bond acceptors (Lipinski definition) is 6. The largest absolute Gasteiger partial charge is 0.325 e. The monoisotopic (exact) mass is 439 g/mol. The maximum atomic E-state index is 6.29. The van der Waals surface area contributed by atoms with Gasteiger partial charge in [-0.1, -0.05) is 28.9 Å². The van der Waals surface area contributed by atoms with Crippen LogP contribution in [0.3, 0.4) is 0 Å². The number of hydrogen-bond donors (Lipinski definition) is 0. The Morgan fingerprint density at radius 1 is 0.938 bits per heavy atom. The quantitative estimate of drug-likeness (QED) is 0.400. The molecule has 6 rings (SSSR count). The number of benzene rings is 2. The van der Waals surface area contributed by atoms with Gasteiger partial charge in [0, 0.05) is 53.2 Å². The summed E-state index contributed by atoms with van der Waals surface area (Å²) in [6.07, 6.45) is 8.12. The molecule has 0 bridgehead atoms. The van der Waals surface area contributed by atoms with E-state index in [2.05, 4.69) is 54.4 Å². The minimum absolute atomic E-state index is 0.724. The summed E-state index contributed by atoms with van der Waals surface area (Å²) in [4.78, 5) is 15.8. The predicted molar refractivity (Wildman–Crippen MR) is 125 cm³/mol. The average molecular weight is 440 g/mol. The van der Waals surface area contributed by atoms with Crippen molar-refractivity contribution >= 4 is 34.0 Å². The van der Waals surface area contributed by atoms with Crippen LogP contribution in [0.1, 0.15) is 5.56 Å². The number of anilines is 2. The second kappa shape index (κ2) is 7.39. The number of nitrogens with zero attached hydrogens (tertiary/aromatic N) is 7. The summed E-state index contributed by atoms with van der Waals surface area (Å²) in [5, 5.41) is 9.94. The predicted octanol–water partition coefficient (Wildman–Crippen LogP) is 4.83. The molecule has 7 nitrogen and oxygen atoms in total. The normalized spacial score (nSPS) is 13.0. The van der Waals surface area contributed by atoms with Crippen LogP contribution in [0.5, 0.6) is 0 Å². The smallest absolute Gasteiger partial charge is 0.144 e. The first-order valence-electron chi connectivity index (χ1n) is 10.3. The summed E-state index contributed by atoms with van der Waals surface area (Å²) in [6.45, 7) is 0.857. The third-order valence-corrected chi connectivity index (χ3v) is 6.02. The highest BCUT2D eigenvalue weighted by Gasteiger charge is 2.23. The Labute approximate surface area is 189 Å². The van der Waals surface area contributed by atoms with Crippen LogP contribution < -0.4 is 4.90 Å². The lowest BCUT2D eigenvalue weighted by Crippen LogP contribution is -2.15. The molecule has 0 saturated carbocycles. The van der Waals surface area contributed by atoms with E-state index >= 15 is 0 Å². The van der Waals surface area contributed by atoms with Gasteiger partial charge in [0.05, 0.1) is 11.7 Å². The Morgan fingerprint density at radius 2 is 1.84 bits per heavy atom. The van der Waals surface area contributed by atoms with Gasteiger partial charge in [0.15, 0.2) is 0 Å². The van der Waals surface area contributed by atoms with Gasteiger partial charge in [-0.2, -0.15) is 0 Å². The molecule has 0 radical (unpaired) electrons. The Morgan fingerprint density at radius 3 is 2.72 bits per heavy atom.